The lowest BCUT2D eigenvalue weighted by atomic mass is 10.0. The fourth-order valence-electron chi connectivity index (χ4n) is 4.86. The predicted molar refractivity (Wildman–Crippen MR) is 135 cm³/mol. The fraction of sp³-hybridized carbons (Fsp3) is 0.640. The normalized spacial score (nSPS) is 21.4. The van der Waals surface area contributed by atoms with E-state index in [4.69, 9.17) is 4.74 Å². The zero-order chi connectivity index (χ0) is 27.0. The van der Waals surface area contributed by atoms with E-state index >= 15 is 0 Å². The minimum atomic E-state index is -4.61. The summed E-state index contributed by atoms with van der Waals surface area (Å²) in [5.41, 5.74) is -0.777. The minimum absolute atomic E-state index is 0.0974. The molecule has 37 heavy (non-hydrogen) atoms. The van der Waals surface area contributed by atoms with Crippen molar-refractivity contribution < 1.29 is 27.1 Å². The molecule has 0 unspecified atom stereocenters. The number of rotatable bonds is 5. The van der Waals surface area contributed by atoms with E-state index in [1.165, 1.54) is 17.8 Å². The standard InChI is InChI=1S/C25H32F4N4O3S/c1-24(2,3)36-23(35)33-9-8-16(12-19(33)25(27,28)29)37-13-20-31-18-11-15(30-14-6-4-5-7-14)10-17(26)21(18)22(34)32-20/h10-11,14,16,19,30H,4-9,12-13H2,1-3H3,(H,31,32,34)/t16-,19-/m0/s1. The van der Waals surface area contributed by atoms with Gasteiger partial charge in [-0.15, -0.1) is 0 Å². The van der Waals surface area contributed by atoms with Gasteiger partial charge in [0.2, 0.25) is 0 Å². The highest BCUT2D eigenvalue weighted by Crippen LogP contribution is 2.37. The summed E-state index contributed by atoms with van der Waals surface area (Å²) in [5, 5.41) is 2.73. The first-order valence-electron chi connectivity index (χ1n) is 12.5. The van der Waals surface area contributed by atoms with Gasteiger partial charge in [-0.1, -0.05) is 12.8 Å². The Bertz CT molecular complexity index is 1190. The highest BCUT2D eigenvalue weighted by Gasteiger charge is 2.49. The molecule has 1 saturated heterocycles. The number of nitrogens with zero attached hydrogens (tertiary/aromatic N) is 2. The molecule has 2 aromatic rings. The molecule has 2 N–H and O–H groups in total. The Kier molecular flexibility index (Phi) is 7.96. The summed E-state index contributed by atoms with van der Waals surface area (Å²) < 4.78 is 61.3. The number of ether oxygens (including phenoxy) is 1. The molecule has 7 nitrogen and oxygen atoms in total. The third-order valence-electron chi connectivity index (χ3n) is 6.55. The number of hydrogen-bond acceptors (Lipinski definition) is 6. The highest BCUT2D eigenvalue weighted by atomic mass is 32.2. The summed E-state index contributed by atoms with van der Waals surface area (Å²) in [4.78, 5) is 32.7. The molecule has 0 spiro atoms. The van der Waals surface area contributed by atoms with Gasteiger partial charge in [-0.3, -0.25) is 9.69 Å². The Hall–Kier alpha value is -2.50. The molecule has 2 atom stereocenters. The molecule has 0 bridgehead atoms. The average Bonchev–Trinajstić information content (AvgIpc) is 3.28. The number of nitrogens with one attached hydrogen (secondary N) is 2. The number of halogens is 4. The van der Waals surface area contributed by atoms with E-state index in [-0.39, 0.29) is 41.5 Å². The van der Waals surface area contributed by atoms with Gasteiger partial charge in [0.1, 0.15) is 28.7 Å². The van der Waals surface area contributed by atoms with Crippen molar-refractivity contribution in [2.75, 3.05) is 11.9 Å². The summed E-state index contributed by atoms with van der Waals surface area (Å²) in [7, 11) is 0. The lowest BCUT2D eigenvalue weighted by molar-refractivity contribution is -0.186. The number of likely N-dealkylation sites (tertiary alicyclic amines) is 1. The average molecular weight is 545 g/mol. The van der Waals surface area contributed by atoms with Crippen LogP contribution in [0.3, 0.4) is 0 Å². The maximum atomic E-state index is 14.7. The predicted octanol–water partition coefficient (Wildman–Crippen LogP) is 5.98. The van der Waals surface area contributed by atoms with E-state index in [1.807, 2.05) is 0 Å². The zero-order valence-electron chi connectivity index (χ0n) is 21.1. The topological polar surface area (TPSA) is 87.3 Å². The van der Waals surface area contributed by atoms with Crippen molar-refractivity contribution in [2.45, 2.75) is 94.2 Å². The molecule has 1 saturated carbocycles. The van der Waals surface area contributed by atoms with Gasteiger partial charge in [-0.2, -0.15) is 24.9 Å². The quantitative estimate of drug-likeness (QED) is 0.451. The van der Waals surface area contributed by atoms with Crippen LogP contribution in [-0.2, 0) is 10.5 Å². The Morgan fingerprint density at radius 2 is 1.92 bits per heavy atom. The zero-order valence-corrected chi connectivity index (χ0v) is 21.9. The van der Waals surface area contributed by atoms with Crippen LogP contribution in [0.2, 0.25) is 0 Å². The van der Waals surface area contributed by atoms with Gasteiger partial charge in [0.25, 0.3) is 5.56 Å². The summed E-state index contributed by atoms with van der Waals surface area (Å²) in [6.07, 6.45) is -1.34. The van der Waals surface area contributed by atoms with Crippen LogP contribution in [-0.4, -0.2) is 56.6 Å². The first-order valence-corrected chi connectivity index (χ1v) is 13.5. The third-order valence-corrected chi connectivity index (χ3v) is 7.89. The molecule has 2 heterocycles. The maximum absolute atomic E-state index is 14.7. The van der Waals surface area contributed by atoms with Gasteiger partial charge < -0.3 is 15.0 Å². The summed E-state index contributed by atoms with van der Waals surface area (Å²) in [6.45, 7) is 4.72. The van der Waals surface area contributed by atoms with E-state index in [0.717, 1.165) is 30.6 Å². The van der Waals surface area contributed by atoms with Gasteiger partial charge in [0.15, 0.2) is 0 Å². The number of carbonyl (C=O) groups is 1. The summed E-state index contributed by atoms with van der Waals surface area (Å²) in [5.74, 6) is -0.263. The van der Waals surface area contributed by atoms with Gasteiger partial charge in [0, 0.05) is 23.5 Å². The Balaban J connectivity index is 1.46. The van der Waals surface area contributed by atoms with Crippen LogP contribution in [0.5, 0.6) is 0 Å². The Morgan fingerprint density at radius 3 is 2.57 bits per heavy atom. The van der Waals surface area contributed by atoms with Gasteiger partial charge in [-0.05, 0) is 58.6 Å². The Labute approximate surface area is 216 Å². The van der Waals surface area contributed by atoms with Crippen LogP contribution in [0.1, 0.15) is 65.1 Å². The number of alkyl halides is 3. The molecule has 1 amide bonds. The second kappa shape index (κ2) is 10.7. The number of H-pyrrole nitrogens is 1. The number of anilines is 1. The molecule has 1 aliphatic carbocycles. The van der Waals surface area contributed by atoms with Crippen LogP contribution in [0.15, 0.2) is 16.9 Å². The maximum Gasteiger partial charge on any atom is 0.410 e. The number of thioether (sulfide) groups is 1. The van der Waals surface area contributed by atoms with Crippen molar-refractivity contribution in [1.82, 2.24) is 14.9 Å². The lowest BCUT2D eigenvalue weighted by Crippen LogP contribution is -2.55. The number of carbonyl (C=O) groups excluding carboxylic acids is 1. The number of hydrogen-bond donors (Lipinski definition) is 2. The van der Waals surface area contributed by atoms with Gasteiger partial charge >= 0.3 is 12.3 Å². The van der Waals surface area contributed by atoms with Crippen molar-refractivity contribution in [1.29, 1.82) is 0 Å². The number of fused-ring (bicyclic) bond motifs is 1. The third kappa shape index (κ3) is 6.88. The van der Waals surface area contributed by atoms with Crippen LogP contribution in [0, 0.1) is 5.82 Å². The van der Waals surface area contributed by atoms with Crippen molar-refractivity contribution in [3.05, 3.63) is 34.1 Å². The number of benzene rings is 1. The molecular weight excluding hydrogens is 512 g/mol. The van der Waals surface area contributed by atoms with E-state index in [0.29, 0.717) is 12.1 Å². The van der Waals surface area contributed by atoms with Crippen molar-refractivity contribution in [2.24, 2.45) is 0 Å². The number of amides is 1. The first kappa shape index (κ1) is 27.5. The van der Waals surface area contributed by atoms with E-state index in [9.17, 15) is 27.2 Å². The van der Waals surface area contributed by atoms with Crippen LogP contribution < -0.4 is 10.9 Å². The smallest absolute Gasteiger partial charge is 0.410 e. The van der Waals surface area contributed by atoms with Crippen molar-refractivity contribution in [3.8, 4) is 0 Å². The SMILES string of the molecule is CC(C)(C)OC(=O)N1CC[C@H](SCc2nc3cc(NC4CCCC4)cc(F)c3c(=O)[nH]2)C[C@H]1C(F)(F)F. The minimum Gasteiger partial charge on any atom is -0.444 e. The summed E-state index contributed by atoms with van der Waals surface area (Å²) in [6, 6.07) is 1.22. The highest BCUT2D eigenvalue weighted by molar-refractivity contribution is 7.99. The van der Waals surface area contributed by atoms with Gasteiger partial charge in [0.05, 0.1) is 11.3 Å². The molecule has 204 valence electrons. The van der Waals surface area contributed by atoms with E-state index < -0.39 is 40.5 Å². The first-order chi connectivity index (χ1) is 17.3. The van der Waals surface area contributed by atoms with Gasteiger partial charge in [-0.25, -0.2) is 14.2 Å². The molecule has 2 fully saturated rings. The number of aromatic nitrogens is 2. The molecule has 4 rings (SSSR count). The Morgan fingerprint density at radius 1 is 1.22 bits per heavy atom. The van der Waals surface area contributed by atoms with E-state index in [2.05, 4.69) is 15.3 Å². The number of aromatic amines is 1. The van der Waals surface area contributed by atoms with Crippen LogP contribution >= 0.6 is 11.8 Å². The van der Waals surface area contributed by atoms with Crippen molar-refractivity contribution >= 4 is 34.4 Å². The second-order valence-electron chi connectivity index (χ2n) is 10.7. The molecule has 1 aromatic carbocycles. The fourth-order valence-corrected chi connectivity index (χ4v) is 5.98. The summed E-state index contributed by atoms with van der Waals surface area (Å²) >= 11 is 1.23. The molecule has 1 aliphatic heterocycles. The molecule has 1 aromatic heterocycles. The second-order valence-corrected chi connectivity index (χ2v) is 12.0. The molecule has 0 radical (unpaired) electrons. The van der Waals surface area contributed by atoms with Crippen molar-refractivity contribution in [3.63, 3.8) is 0 Å². The monoisotopic (exact) mass is 544 g/mol. The van der Waals surface area contributed by atoms with Crippen LogP contribution in [0.4, 0.5) is 28.0 Å². The van der Waals surface area contributed by atoms with E-state index in [1.54, 1.807) is 26.8 Å². The number of piperidine rings is 1. The molecule has 2 aliphatic rings. The molecule has 12 heteroatoms. The van der Waals surface area contributed by atoms with Crippen LogP contribution in [0.25, 0.3) is 10.9 Å². The lowest BCUT2D eigenvalue weighted by Gasteiger charge is -2.40. The largest absolute Gasteiger partial charge is 0.444 e. The molecular formula is C25H32F4N4O3S.